The Morgan fingerprint density at radius 1 is 0.967 bits per heavy atom. The quantitative estimate of drug-likeness (QED) is 0.726. The van der Waals surface area contributed by atoms with Crippen LogP contribution in [0.25, 0.3) is 0 Å². The highest BCUT2D eigenvalue weighted by atomic mass is 35.5. The molecular formula is C23H30ClN5O. The molecule has 0 N–H and O–H groups in total. The van der Waals surface area contributed by atoms with Gasteiger partial charge in [-0.1, -0.05) is 30.7 Å². The van der Waals surface area contributed by atoms with Crippen LogP contribution in [0.15, 0.2) is 36.4 Å². The van der Waals surface area contributed by atoms with Gasteiger partial charge in [0, 0.05) is 43.8 Å². The third-order valence-electron chi connectivity index (χ3n) is 6.25. The van der Waals surface area contributed by atoms with Crippen molar-refractivity contribution in [3.05, 3.63) is 47.0 Å². The number of piperazine rings is 1. The van der Waals surface area contributed by atoms with E-state index in [9.17, 15) is 4.79 Å². The highest BCUT2D eigenvalue weighted by molar-refractivity contribution is 6.30. The third kappa shape index (κ3) is 4.86. The molecule has 160 valence electrons. The zero-order valence-electron chi connectivity index (χ0n) is 17.6. The van der Waals surface area contributed by atoms with E-state index in [1.807, 2.05) is 29.2 Å². The van der Waals surface area contributed by atoms with Gasteiger partial charge in [-0.25, -0.2) is 0 Å². The number of hydrogen-bond donors (Lipinski definition) is 0. The Morgan fingerprint density at radius 3 is 2.33 bits per heavy atom. The average Bonchev–Trinajstić information content (AvgIpc) is 2.81. The minimum absolute atomic E-state index is 0.161. The number of nitrogens with zero attached hydrogens (tertiary/aromatic N) is 5. The fraction of sp³-hybridized carbons (Fsp3) is 0.522. The molecule has 0 aliphatic carbocycles. The number of rotatable bonds is 5. The third-order valence-corrected chi connectivity index (χ3v) is 6.51. The van der Waals surface area contributed by atoms with Crippen molar-refractivity contribution >= 4 is 29.1 Å². The van der Waals surface area contributed by atoms with E-state index < -0.39 is 0 Å². The van der Waals surface area contributed by atoms with E-state index in [0.717, 1.165) is 43.3 Å². The van der Waals surface area contributed by atoms with Crippen molar-refractivity contribution in [2.45, 2.75) is 45.1 Å². The van der Waals surface area contributed by atoms with Crippen LogP contribution >= 0.6 is 11.6 Å². The minimum Gasteiger partial charge on any atom is -0.352 e. The lowest BCUT2D eigenvalue weighted by molar-refractivity contribution is -0.130. The summed E-state index contributed by atoms with van der Waals surface area (Å²) in [6.07, 6.45) is 5.34. The van der Waals surface area contributed by atoms with Gasteiger partial charge in [-0.15, -0.1) is 10.2 Å². The second-order valence-electron chi connectivity index (χ2n) is 8.17. The molecule has 7 heteroatoms. The molecule has 2 aliphatic heterocycles. The van der Waals surface area contributed by atoms with Crippen LogP contribution in [0.4, 0.5) is 11.6 Å². The number of halogens is 1. The second-order valence-corrected chi connectivity index (χ2v) is 8.61. The van der Waals surface area contributed by atoms with Gasteiger partial charge in [-0.05, 0) is 55.5 Å². The molecule has 1 aromatic heterocycles. The number of aromatic nitrogens is 2. The first-order valence-electron chi connectivity index (χ1n) is 11.0. The molecule has 0 spiro atoms. The van der Waals surface area contributed by atoms with E-state index in [1.165, 1.54) is 19.3 Å². The lowest BCUT2D eigenvalue weighted by atomic mass is 10.0. The summed E-state index contributed by atoms with van der Waals surface area (Å²) < 4.78 is 0. The zero-order valence-corrected chi connectivity index (χ0v) is 18.4. The number of carbonyl (C=O) groups excluding carboxylic acids is 1. The van der Waals surface area contributed by atoms with Crippen LogP contribution in [0.3, 0.4) is 0 Å². The first kappa shape index (κ1) is 20.9. The van der Waals surface area contributed by atoms with E-state index in [1.54, 1.807) is 0 Å². The van der Waals surface area contributed by atoms with Gasteiger partial charge >= 0.3 is 0 Å². The molecule has 1 unspecified atom stereocenters. The molecule has 0 radical (unpaired) electrons. The van der Waals surface area contributed by atoms with Crippen molar-refractivity contribution in [1.82, 2.24) is 15.1 Å². The van der Waals surface area contributed by atoms with Gasteiger partial charge in [-0.2, -0.15) is 0 Å². The second kappa shape index (κ2) is 9.65. The maximum atomic E-state index is 12.6. The summed E-state index contributed by atoms with van der Waals surface area (Å²) in [4.78, 5) is 19.2. The van der Waals surface area contributed by atoms with Crippen molar-refractivity contribution < 1.29 is 4.79 Å². The van der Waals surface area contributed by atoms with Crippen molar-refractivity contribution in [3.63, 3.8) is 0 Å². The monoisotopic (exact) mass is 427 g/mol. The first-order chi connectivity index (χ1) is 14.6. The van der Waals surface area contributed by atoms with Crippen LogP contribution < -0.4 is 9.80 Å². The summed E-state index contributed by atoms with van der Waals surface area (Å²) in [5.41, 5.74) is 0.997. The van der Waals surface area contributed by atoms with E-state index in [-0.39, 0.29) is 5.91 Å². The van der Waals surface area contributed by atoms with E-state index >= 15 is 0 Å². The fourth-order valence-corrected chi connectivity index (χ4v) is 4.57. The Balaban J connectivity index is 1.31. The van der Waals surface area contributed by atoms with Crippen LogP contribution in [0.5, 0.6) is 0 Å². The number of amides is 1. The van der Waals surface area contributed by atoms with Crippen LogP contribution in [0.2, 0.25) is 5.02 Å². The molecule has 1 aromatic carbocycles. The van der Waals surface area contributed by atoms with Gasteiger partial charge in [0.25, 0.3) is 0 Å². The maximum absolute atomic E-state index is 12.6. The van der Waals surface area contributed by atoms with Crippen molar-refractivity contribution in [3.8, 4) is 0 Å². The van der Waals surface area contributed by atoms with Gasteiger partial charge in [0.15, 0.2) is 11.6 Å². The topological polar surface area (TPSA) is 52.6 Å². The lowest BCUT2D eigenvalue weighted by Gasteiger charge is -2.37. The summed E-state index contributed by atoms with van der Waals surface area (Å²) >= 11 is 5.92. The highest BCUT2D eigenvalue weighted by Crippen LogP contribution is 2.25. The summed E-state index contributed by atoms with van der Waals surface area (Å²) in [6.45, 7) is 6.29. The maximum Gasteiger partial charge on any atom is 0.227 e. The van der Waals surface area contributed by atoms with Crippen molar-refractivity contribution in [2.75, 3.05) is 42.5 Å². The van der Waals surface area contributed by atoms with E-state index in [0.29, 0.717) is 30.6 Å². The normalized spacial score (nSPS) is 19.8. The summed E-state index contributed by atoms with van der Waals surface area (Å²) in [7, 11) is 0. The summed E-state index contributed by atoms with van der Waals surface area (Å²) in [5, 5.41) is 9.74. The molecule has 30 heavy (non-hydrogen) atoms. The van der Waals surface area contributed by atoms with Gasteiger partial charge in [0.2, 0.25) is 5.91 Å². The molecule has 3 heterocycles. The molecule has 4 rings (SSSR count). The predicted octanol–water partition coefficient (Wildman–Crippen LogP) is 3.79. The summed E-state index contributed by atoms with van der Waals surface area (Å²) in [5.74, 6) is 2.05. The van der Waals surface area contributed by atoms with Gasteiger partial charge in [-0.3, -0.25) is 4.79 Å². The van der Waals surface area contributed by atoms with Crippen LogP contribution in [0, 0.1) is 0 Å². The molecule has 2 saturated heterocycles. The highest BCUT2D eigenvalue weighted by Gasteiger charge is 2.24. The van der Waals surface area contributed by atoms with Gasteiger partial charge in [0.1, 0.15) is 0 Å². The van der Waals surface area contributed by atoms with E-state index in [2.05, 4.69) is 39.1 Å². The van der Waals surface area contributed by atoms with Crippen LogP contribution in [0.1, 0.15) is 38.2 Å². The Bertz CT molecular complexity index is 834. The molecule has 6 nitrogen and oxygen atoms in total. The first-order valence-corrected chi connectivity index (χ1v) is 11.4. The SMILES string of the molecule is CCC1CCCCN1c1ccc(N2CCN(C(=O)Cc3ccc(Cl)cc3)CC2)nn1. The zero-order chi connectivity index (χ0) is 20.9. The number of piperidine rings is 1. The lowest BCUT2D eigenvalue weighted by Crippen LogP contribution is -2.49. The smallest absolute Gasteiger partial charge is 0.227 e. The average molecular weight is 428 g/mol. The van der Waals surface area contributed by atoms with Crippen LogP contribution in [-0.4, -0.2) is 59.8 Å². The molecule has 2 aliphatic rings. The van der Waals surface area contributed by atoms with Gasteiger partial charge in [0.05, 0.1) is 6.42 Å². The number of hydrogen-bond acceptors (Lipinski definition) is 5. The predicted molar refractivity (Wildman–Crippen MR) is 121 cm³/mol. The molecule has 1 amide bonds. The Morgan fingerprint density at radius 2 is 1.67 bits per heavy atom. The fourth-order valence-electron chi connectivity index (χ4n) is 4.44. The van der Waals surface area contributed by atoms with Gasteiger partial charge < -0.3 is 14.7 Å². The van der Waals surface area contributed by atoms with Crippen LogP contribution in [-0.2, 0) is 11.2 Å². The minimum atomic E-state index is 0.161. The number of anilines is 2. The van der Waals surface area contributed by atoms with E-state index in [4.69, 9.17) is 11.6 Å². The standard InChI is InChI=1S/C23H30ClN5O/c1-2-20-5-3-4-12-29(20)22-11-10-21(25-26-22)27-13-15-28(16-14-27)23(30)17-18-6-8-19(24)9-7-18/h6-11,20H,2-5,12-17H2,1H3. The molecule has 0 saturated carbocycles. The number of benzene rings is 1. The summed E-state index contributed by atoms with van der Waals surface area (Å²) in [6, 6.07) is 12.3. The molecule has 0 bridgehead atoms. The van der Waals surface area contributed by atoms with Crippen molar-refractivity contribution in [2.24, 2.45) is 0 Å². The number of carbonyl (C=O) groups is 1. The molecular weight excluding hydrogens is 398 g/mol. The van der Waals surface area contributed by atoms with Crippen molar-refractivity contribution in [1.29, 1.82) is 0 Å². The largest absolute Gasteiger partial charge is 0.352 e. The Kier molecular flexibility index (Phi) is 6.72. The molecule has 2 fully saturated rings. The Labute approximate surface area is 183 Å². The Hall–Kier alpha value is -2.34. The molecule has 1 atom stereocenters. The molecule has 2 aromatic rings.